The highest BCUT2D eigenvalue weighted by Gasteiger charge is 2.42. The second kappa shape index (κ2) is 15.0. The van der Waals surface area contributed by atoms with Gasteiger partial charge in [-0.25, -0.2) is 4.79 Å². The van der Waals surface area contributed by atoms with Crippen molar-refractivity contribution >= 4 is 41.3 Å². The third kappa shape index (κ3) is 9.21. The molecule has 5 amide bonds. The molecule has 3 aliphatic heterocycles. The molecule has 12 heteroatoms. The molecular weight excluding hydrogens is 488 g/mol. The van der Waals surface area contributed by atoms with Crippen LogP contribution in [-0.2, 0) is 28.7 Å². The monoisotopic (exact) mass is 524 g/mol. The Morgan fingerprint density at radius 3 is 2.44 bits per heavy atom. The molecular formula is C24H36N4O7S. The van der Waals surface area contributed by atoms with Gasteiger partial charge in [-0.3, -0.25) is 24.1 Å². The first-order valence-electron chi connectivity index (χ1n) is 12.6. The maximum absolute atomic E-state index is 12.1. The number of imide groups is 1. The molecule has 3 atom stereocenters. The number of amides is 5. The number of hydrogen-bond donors (Lipinski definition) is 3. The fourth-order valence-corrected chi connectivity index (χ4v) is 5.89. The predicted molar refractivity (Wildman–Crippen MR) is 133 cm³/mol. The van der Waals surface area contributed by atoms with E-state index in [4.69, 9.17) is 9.47 Å². The SMILES string of the molecule is O=C(CCCC[C@H]1SC[C@H]2NC(=O)N[C@H]21)CCCOCCOCCNC(=O)CCN1C(=O)C=CC1=O. The van der Waals surface area contributed by atoms with E-state index in [0.29, 0.717) is 57.5 Å². The zero-order valence-corrected chi connectivity index (χ0v) is 21.3. The van der Waals surface area contributed by atoms with Crippen molar-refractivity contribution in [3.63, 3.8) is 0 Å². The van der Waals surface area contributed by atoms with Crippen LogP contribution in [0.15, 0.2) is 12.2 Å². The van der Waals surface area contributed by atoms with Crippen LogP contribution in [0.1, 0.15) is 44.9 Å². The molecule has 0 radical (unpaired) electrons. The van der Waals surface area contributed by atoms with Gasteiger partial charge in [-0.05, 0) is 19.3 Å². The van der Waals surface area contributed by atoms with Crippen molar-refractivity contribution in [2.24, 2.45) is 0 Å². The molecule has 2 fully saturated rings. The molecule has 2 saturated heterocycles. The molecule has 3 aliphatic rings. The fraction of sp³-hybridized carbons (Fsp3) is 0.708. The summed E-state index contributed by atoms with van der Waals surface area (Å²) in [7, 11) is 0. The summed E-state index contributed by atoms with van der Waals surface area (Å²) in [5, 5.41) is 9.05. The third-order valence-corrected chi connectivity index (χ3v) is 7.79. The van der Waals surface area contributed by atoms with Gasteiger partial charge in [0.25, 0.3) is 11.8 Å². The van der Waals surface area contributed by atoms with Gasteiger partial charge >= 0.3 is 6.03 Å². The summed E-state index contributed by atoms with van der Waals surface area (Å²) in [4.78, 5) is 59.1. The lowest BCUT2D eigenvalue weighted by atomic mass is 10.0. The molecule has 3 rings (SSSR count). The molecule has 3 N–H and O–H groups in total. The summed E-state index contributed by atoms with van der Waals surface area (Å²) < 4.78 is 10.9. The Kier molecular flexibility index (Phi) is 11.7. The maximum Gasteiger partial charge on any atom is 0.315 e. The van der Waals surface area contributed by atoms with E-state index >= 15 is 0 Å². The first-order chi connectivity index (χ1) is 17.4. The number of unbranched alkanes of at least 4 members (excludes halogenated alkanes) is 1. The number of Topliss-reactive ketones (excluding diaryl/α,β-unsaturated/α-hetero) is 1. The van der Waals surface area contributed by atoms with E-state index < -0.39 is 11.8 Å². The maximum atomic E-state index is 12.1. The first-order valence-corrected chi connectivity index (χ1v) is 13.6. The lowest BCUT2D eigenvalue weighted by molar-refractivity contribution is -0.137. The van der Waals surface area contributed by atoms with Crippen LogP contribution in [0.3, 0.4) is 0 Å². The first kappa shape index (κ1) is 28.1. The van der Waals surface area contributed by atoms with Gasteiger partial charge in [0.2, 0.25) is 5.91 Å². The number of urea groups is 1. The normalized spacial score (nSPS) is 22.6. The van der Waals surface area contributed by atoms with Crippen LogP contribution >= 0.6 is 11.8 Å². The summed E-state index contributed by atoms with van der Waals surface area (Å²) in [6.45, 7) is 2.04. The Labute approximate surface area is 215 Å². The van der Waals surface area contributed by atoms with Crippen molar-refractivity contribution in [2.45, 2.75) is 62.3 Å². The Morgan fingerprint density at radius 1 is 0.944 bits per heavy atom. The van der Waals surface area contributed by atoms with Gasteiger partial charge in [0.1, 0.15) is 5.78 Å². The van der Waals surface area contributed by atoms with Gasteiger partial charge in [-0.2, -0.15) is 11.8 Å². The average molecular weight is 525 g/mol. The number of fused-ring (bicyclic) bond motifs is 1. The molecule has 11 nitrogen and oxygen atoms in total. The largest absolute Gasteiger partial charge is 0.379 e. The lowest BCUT2D eigenvalue weighted by Crippen LogP contribution is -2.36. The highest BCUT2D eigenvalue weighted by atomic mass is 32.2. The summed E-state index contributed by atoms with van der Waals surface area (Å²) in [6, 6.07) is 0.406. The Hall–Kier alpha value is -2.44. The van der Waals surface area contributed by atoms with E-state index in [9.17, 15) is 24.0 Å². The summed E-state index contributed by atoms with van der Waals surface area (Å²) in [5.74, 6) is 0.172. The van der Waals surface area contributed by atoms with Gasteiger partial charge < -0.3 is 25.4 Å². The van der Waals surface area contributed by atoms with E-state index in [0.717, 1.165) is 29.9 Å². The minimum absolute atomic E-state index is 0.0544. The standard InChI is InChI=1S/C24H36N4O7S/c29-17(4-1-2-6-19-23-18(16-36-19)26-24(33)27-23)5-3-12-34-14-15-35-13-10-25-20(30)9-11-28-21(31)7-8-22(28)32/h7-8,18-19,23H,1-6,9-16H2,(H,25,30)(H2,26,27,33)/t18-,19-,23-/m1/s1. The fourth-order valence-electron chi connectivity index (χ4n) is 4.34. The van der Waals surface area contributed by atoms with Crippen LogP contribution in [0.5, 0.6) is 0 Å². The number of hydrogen-bond acceptors (Lipinski definition) is 8. The van der Waals surface area contributed by atoms with Crippen LogP contribution in [0.25, 0.3) is 0 Å². The zero-order valence-electron chi connectivity index (χ0n) is 20.5. The van der Waals surface area contributed by atoms with E-state index in [2.05, 4.69) is 16.0 Å². The molecule has 0 unspecified atom stereocenters. The minimum atomic E-state index is -0.396. The van der Waals surface area contributed by atoms with Crippen LogP contribution < -0.4 is 16.0 Å². The molecule has 0 aromatic rings. The average Bonchev–Trinajstić information content (AvgIpc) is 3.50. The van der Waals surface area contributed by atoms with E-state index in [1.54, 1.807) is 0 Å². The van der Waals surface area contributed by atoms with E-state index in [1.807, 2.05) is 11.8 Å². The van der Waals surface area contributed by atoms with Crippen molar-refractivity contribution in [1.82, 2.24) is 20.9 Å². The number of nitrogens with one attached hydrogen (secondary N) is 3. The van der Waals surface area contributed by atoms with Crippen LogP contribution in [0, 0.1) is 0 Å². The molecule has 0 aromatic carbocycles. The summed E-state index contributed by atoms with van der Waals surface area (Å²) in [5.41, 5.74) is 0. The van der Waals surface area contributed by atoms with Crippen molar-refractivity contribution < 1.29 is 33.4 Å². The second-order valence-corrected chi connectivity index (χ2v) is 10.3. The van der Waals surface area contributed by atoms with Crippen molar-refractivity contribution in [3.05, 3.63) is 12.2 Å². The van der Waals surface area contributed by atoms with Gasteiger partial charge in [-0.1, -0.05) is 6.42 Å². The smallest absolute Gasteiger partial charge is 0.315 e. The highest BCUT2D eigenvalue weighted by molar-refractivity contribution is 8.00. The van der Waals surface area contributed by atoms with E-state index in [-0.39, 0.29) is 42.8 Å². The number of nitrogens with zero attached hydrogens (tertiary/aromatic N) is 1. The molecule has 0 aliphatic carbocycles. The Bertz CT molecular complexity index is 819. The van der Waals surface area contributed by atoms with E-state index in [1.165, 1.54) is 12.2 Å². The van der Waals surface area contributed by atoms with Crippen LogP contribution in [0.2, 0.25) is 0 Å². The third-order valence-electron chi connectivity index (χ3n) is 6.28. The van der Waals surface area contributed by atoms with Crippen LogP contribution in [0.4, 0.5) is 4.79 Å². The molecule has 3 heterocycles. The second-order valence-electron chi connectivity index (χ2n) is 9.00. The predicted octanol–water partition coefficient (Wildman–Crippen LogP) is 0.526. The quantitative estimate of drug-likeness (QED) is 0.134. The number of thioether (sulfide) groups is 1. The number of carbonyl (C=O) groups is 5. The van der Waals surface area contributed by atoms with Gasteiger partial charge in [-0.15, -0.1) is 0 Å². The van der Waals surface area contributed by atoms with Gasteiger partial charge in [0.15, 0.2) is 0 Å². The topological polar surface area (TPSA) is 143 Å². The van der Waals surface area contributed by atoms with Gasteiger partial charge in [0.05, 0.1) is 31.9 Å². The summed E-state index contributed by atoms with van der Waals surface area (Å²) in [6.07, 6.45) is 7.12. The van der Waals surface area contributed by atoms with Crippen molar-refractivity contribution in [2.75, 3.05) is 45.3 Å². The van der Waals surface area contributed by atoms with Crippen molar-refractivity contribution in [3.8, 4) is 0 Å². The molecule has 0 bridgehead atoms. The number of ether oxygens (including phenoxy) is 2. The highest BCUT2D eigenvalue weighted by Crippen LogP contribution is 2.33. The zero-order chi connectivity index (χ0) is 25.8. The lowest BCUT2D eigenvalue weighted by Gasteiger charge is -2.16. The Balaban J connectivity index is 1.06. The van der Waals surface area contributed by atoms with Gasteiger partial charge in [0, 0.05) is 62.1 Å². The molecule has 0 saturated carbocycles. The summed E-state index contributed by atoms with van der Waals surface area (Å²) >= 11 is 1.90. The minimum Gasteiger partial charge on any atom is -0.379 e. The molecule has 0 spiro atoms. The van der Waals surface area contributed by atoms with Crippen LogP contribution in [-0.4, -0.2) is 97.0 Å². The van der Waals surface area contributed by atoms with Crippen molar-refractivity contribution in [1.29, 1.82) is 0 Å². The Morgan fingerprint density at radius 2 is 1.67 bits per heavy atom. The molecule has 0 aromatic heterocycles. The number of rotatable bonds is 18. The number of ketones is 1. The molecule has 36 heavy (non-hydrogen) atoms. The number of carbonyl (C=O) groups excluding carboxylic acids is 5. The molecule has 200 valence electrons.